The number of ether oxygens (including phenoxy) is 1. The number of aromatic nitrogens is 1. The van der Waals surface area contributed by atoms with Crippen molar-refractivity contribution in [1.82, 2.24) is 4.57 Å². The Bertz CT molecular complexity index is 632. The molecule has 2 rings (SSSR count). The van der Waals surface area contributed by atoms with Gasteiger partial charge >= 0.3 is 5.97 Å². The Morgan fingerprint density at radius 1 is 1.47 bits per heavy atom. The van der Waals surface area contributed by atoms with Gasteiger partial charge in [0.15, 0.2) is 0 Å². The van der Waals surface area contributed by atoms with Crippen LogP contribution >= 0.6 is 0 Å². The molecule has 0 atom stereocenters. The van der Waals surface area contributed by atoms with E-state index in [1.54, 1.807) is 17.0 Å². The molecule has 1 aromatic carbocycles. The number of hydrogen-bond donors (Lipinski definition) is 0. The minimum absolute atomic E-state index is 0.429. The summed E-state index contributed by atoms with van der Waals surface area (Å²) in [6, 6.07) is 9.63. The van der Waals surface area contributed by atoms with Gasteiger partial charge in [0.25, 0.3) is 0 Å². The van der Waals surface area contributed by atoms with Gasteiger partial charge in [-0.3, -0.25) is 0 Å². The second kappa shape index (κ2) is 4.54. The monoisotopic (exact) mass is 226 g/mol. The lowest BCUT2D eigenvalue weighted by molar-refractivity contribution is -0.134. The maximum Gasteiger partial charge on any atom is 0.331 e. The third kappa shape index (κ3) is 2.04. The van der Waals surface area contributed by atoms with Gasteiger partial charge in [0.1, 0.15) is 6.07 Å². The van der Waals surface area contributed by atoms with E-state index in [1.165, 1.54) is 13.2 Å². The van der Waals surface area contributed by atoms with Crippen LogP contribution in [0.2, 0.25) is 0 Å². The second-order valence-corrected chi connectivity index (χ2v) is 3.42. The first-order valence-electron chi connectivity index (χ1n) is 5.02. The SMILES string of the molecule is COC(=O)/C=C/n1cc(C#N)c2ccccc21. The number of esters is 1. The second-order valence-electron chi connectivity index (χ2n) is 3.42. The fraction of sp³-hybridized carbons (Fsp3) is 0.0769. The Hall–Kier alpha value is -2.54. The van der Waals surface area contributed by atoms with E-state index < -0.39 is 5.97 Å². The van der Waals surface area contributed by atoms with E-state index in [0.29, 0.717) is 5.56 Å². The van der Waals surface area contributed by atoms with Crippen LogP contribution in [0.4, 0.5) is 0 Å². The number of para-hydroxylation sites is 1. The first-order chi connectivity index (χ1) is 8.26. The van der Waals surface area contributed by atoms with Crippen molar-refractivity contribution in [1.29, 1.82) is 5.26 Å². The molecule has 0 N–H and O–H groups in total. The molecule has 1 aromatic heterocycles. The molecule has 4 nitrogen and oxygen atoms in total. The minimum Gasteiger partial charge on any atom is -0.466 e. The summed E-state index contributed by atoms with van der Waals surface area (Å²) in [7, 11) is 1.32. The molecular formula is C13H10N2O2. The molecule has 1 heterocycles. The maximum absolute atomic E-state index is 11.0. The van der Waals surface area contributed by atoms with Gasteiger partial charge in [-0.2, -0.15) is 5.26 Å². The molecule has 0 aliphatic rings. The average Bonchev–Trinajstić information content (AvgIpc) is 2.74. The molecule has 0 aliphatic carbocycles. The van der Waals surface area contributed by atoms with Gasteiger partial charge in [-0.15, -0.1) is 0 Å². The summed E-state index contributed by atoms with van der Waals surface area (Å²) in [5, 5.41) is 9.86. The van der Waals surface area contributed by atoms with Crippen LogP contribution in [-0.4, -0.2) is 17.6 Å². The molecule has 0 saturated carbocycles. The van der Waals surface area contributed by atoms with Gasteiger partial charge in [0.2, 0.25) is 0 Å². The summed E-state index contributed by atoms with van der Waals surface area (Å²) >= 11 is 0. The van der Waals surface area contributed by atoms with Crippen LogP contribution < -0.4 is 0 Å². The Kier molecular flexibility index (Phi) is 2.93. The Morgan fingerprint density at radius 2 is 2.24 bits per heavy atom. The number of benzene rings is 1. The Labute approximate surface area is 98.3 Å². The molecule has 0 fully saturated rings. The van der Waals surface area contributed by atoms with Crippen LogP contribution in [0, 0.1) is 11.3 Å². The fourth-order valence-electron chi connectivity index (χ4n) is 1.63. The van der Waals surface area contributed by atoms with E-state index in [0.717, 1.165) is 10.9 Å². The van der Waals surface area contributed by atoms with Gasteiger partial charge < -0.3 is 9.30 Å². The van der Waals surface area contributed by atoms with Gasteiger partial charge in [0, 0.05) is 23.9 Å². The van der Waals surface area contributed by atoms with Crippen molar-refractivity contribution in [3.63, 3.8) is 0 Å². The Morgan fingerprint density at radius 3 is 2.94 bits per heavy atom. The van der Waals surface area contributed by atoms with Crippen molar-refractivity contribution in [2.75, 3.05) is 7.11 Å². The number of rotatable bonds is 2. The zero-order valence-corrected chi connectivity index (χ0v) is 9.25. The van der Waals surface area contributed by atoms with Gasteiger partial charge in [0.05, 0.1) is 18.2 Å². The number of methoxy groups -OCH3 is 1. The summed E-state index contributed by atoms with van der Waals surface area (Å²) in [5.41, 5.74) is 1.46. The molecule has 0 aliphatic heterocycles. The third-order valence-electron chi connectivity index (χ3n) is 2.43. The zero-order valence-electron chi connectivity index (χ0n) is 9.25. The summed E-state index contributed by atoms with van der Waals surface area (Å²) in [5.74, 6) is -0.429. The van der Waals surface area contributed by atoms with Crippen molar-refractivity contribution in [2.24, 2.45) is 0 Å². The van der Waals surface area contributed by atoms with Crippen molar-refractivity contribution in [3.05, 3.63) is 42.1 Å². The van der Waals surface area contributed by atoms with Crippen LogP contribution in [-0.2, 0) is 9.53 Å². The molecule has 0 bridgehead atoms. The predicted octanol–water partition coefficient (Wildman–Crippen LogP) is 2.16. The standard InChI is InChI=1S/C13H10N2O2/c1-17-13(16)6-7-15-9-10(8-14)11-4-2-3-5-12(11)15/h2-7,9H,1H3/b7-6+. The minimum atomic E-state index is -0.429. The van der Waals surface area contributed by atoms with E-state index in [-0.39, 0.29) is 0 Å². The Balaban J connectivity index is 2.52. The van der Waals surface area contributed by atoms with Crippen molar-refractivity contribution in [3.8, 4) is 6.07 Å². The number of carbonyl (C=O) groups is 1. The first-order valence-corrected chi connectivity index (χ1v) is 5.02. The summed E-state index contributed by atoms with van der Waals surface area (Å²) in [6.45, 7) is 0. The van der Waals surface area contributed by atoms with Crippen LogP contribution in [0.1, 0.15) is 5.56 Å². The lowest BCUT2D eigenvalue weighted by Crippen LogP contribution is -1.95. The molecule has 84 valence electrons. The molecular weight excluding hydrogens is 216 g/mol. The number of fused-ring (bicyclic) bond motifs is 1. The lowest BCUT2D eigenvalue weighted by atomic mass is 10.2. The van der Waals surface area contributed by atoms with Crippen molar-refractivity contribution < 1.29 is 9.53 Å². The van der Waals surface area contributed by atoms with E-state index in [9.17, 15) is 4.79 Å². The largest absolute Gasteiger partial charge is 0.466 e. The van der Waals surface area contributed by atoms with Gasteiger partial charge in [-0.05, 0) is 6.07 Å². The lowest BCUT2D eigenvalue weighted by Gasteiger charge is -1.96. The molecule has 0 saturated heterocycles. The van der Waals surface area contributed by atoms with Crippen LogP contribution in [0.25, 0.3) is 17.1 Å². The number of nitrogens with zero attached hydrogens (tertiary/aromatic N) is 2. The highest BCUT2D eigenvalue weighted by Crippen LogP contribution is 2.20. The molecule has 0 spiro atoms. The quantitative estimate of drug-likeness (QED) is 0.582. The number of carbonyl (C=O) groups excluding carboxylic acids is 1. The fourth-order valence-corrected chi connectivity index (χ4v) is 1.63. The van der Waals surface area contributed by atoms with Gasteiger partial charge in [-0.1, -0.05) is 18.2 Å². The number of hydrogen-bond acceptors (Lipinski definition) is 3. The molecule has 4 heteroatoms. The molecule has 2 aromatic rings. The van der Waals surface area contributed by atoms with E-state index in [2.05, 4.69) is 10.8 Å². The zero-order chi connectivity index (χ0) is 12.3. The van der Waals surface area contributed by atoms with Crippen LogP contribution in [0.3, 0.4) is 0 Å². The van der Waals surface area contributed by atoms with E-state index >= 15 is 0 Å². The average molecular weight is 226 g/mol. The predicted molar refractivity (Wildman–Crippen MR) is 64.0 cm³/mol. The highest BCUT2D eigenvalue weighted by molar-refractivity contribution is 5.90. The van der Waals surface area contributed by atoms with Gasteiger partial charge in [-0.25, -0.2) is 4.79 Å². The van der Waals surface area contributed by atoms with E-state index in [4.69, 9.17) is 5.26 Å². The first kappa shape index (κ1) is 11.0. The van der Waals surface area contributed by atoms with E-state index in [1.807, 2.05) is 24.3 Å². The normalized spacial score (nSPS) is 10.6. The molecule has 17 heavy (non-hydrogen) atoms. The highest BCUT2D eigenvalue weighted by Gasteiger charge is 2.05. The summed E-state index contributed by atoms with van der Waals surface area (Å²) in [6.07, 6.45) is 4.58. The topological polar surface area (TPSA) is 55.0 Å². The molecule has 0 unspecified atom stereocenters. The van der Waals surface area contributed by atoms with Crippen LogP contribution in [0.5, 0.6) is 0 Å². The smallest absolute Gasteiger partial charge is 0.331 e. The summed E-state index contributed by atoms with van der Waals surface area (Å²) < 4.78 is 6.24. The highest BCUT2D eigenvalue weighted by atomic mass is 16.5. The van der Waals surface area contributed by atoms with Crippen molar-refractivity contribution in [2.45, 2.75) is 0 Å². The van der Waals surface area contributed by atoms with Crippen LogP contribution in [0.15, 0.2) is 36.5 Å². The summed E-state index contributed by atoms with van der Waals surface area (Å²) in [4.78, 5) is 11.0. The molecule has 0 radical (unpaired) electrons. The number of nitriles is 1. The van der Waals surface area contributed by atoms with Crippen molar-refractivity contribution >= 4 is 23.1 Å². The third-order valence-corrected chi connectivity index (χ3v) is 2.43. The maximum atomic E-state index is 11.0. The molecule has 0 amide bonds.